The SMILES string of the molecule is CCCCOC(=O)NS(=O)(=O)c1ccc(OC(F)(F)F)cc1-c1ccc(CN2CCN(C)C2=O)cn1.CCCCOC(=O)NS(=O)(=O)c1ccc(OC(F)(F)F)cc1-c1ccc(CN2CCOCC2)cn1.CCCCOC(=O)NS(=O)(=O)c1ccc(OC(F)(F)F)cc1-c1ccc(Cn2ccnc2)cn1. The van der Waals surface area contributed by atoms with E-state index in [2.05, 4.69) is 39.0 Å². The number of carbonyl (C=O) groups is 4. The van der Waals surface area contributed by atoms with Crippen LogP contribution < -0.4 is 28.4 Å². The number of halogens is 9. The largest absolute Gasteiger partial charge is 0.573 e. The van der Waals surface area contributed by atoms with Crippen molar-refractivity contribution in [3.05, 3.63) is 145 Å². The van der Waals surface area contributed by atoms with Gasteiger partial charge in [0.05, 0.1) is 71.1 Å². The van der Waals surface area contributed by atoms with E-state index in [1.165, 1.54) is 36.8 Å². The number of rotatable bonds is 27. The van der Waals surface area contributed by atoms with Gasteiger partial charge in [-0.15, -0.1) is 39.5 Å². The zero-order valence-electron chi connectivity index (χ0n) is 56.5. The molecular formula is C65H72F9N11O17S3. The normalized spacial score (nSPS) is 13.7. The molecule has 0 saturated carbocycles. The molecule has 6 heterocycles. The lowest BCUT2D eigenvalue weighted by atomic mass is 10.1. The Balaban J connectivity index is 0.000000220. The van der Waals surface area contributed by atoms with Crippen molar-refractivity contribution in [2.45, 2.75) is 113 Å². The van der Waals surface area contributed by atoms with Crippen LogP contribution in [0.25, 0.3) is 33.8 Å². The zero-order chi connectivity index (χ0) is 76.8. The van der Waals surface area contributed by atoms with Gasteiger partial charge in [0, 0.05) is 101 Å². The van der Waals surface area contributed by atoms with E-state index in [-0.39, 0.29) is 66.2 Å². The van der Waals surface area contributed by atoms with Crippen LogP contribution in [0.4, 0.5) is 58.7 Å². The number of hydrogen-bond acceptors (Lipinski definition) is 22. The first kappa shape index (κ1) is 82.2. The molecule has 570 valence electrons. The highest BCUT2D eigenvalue weighted by molar-refractivity contribution is 7.90. The Morgan fingerprint density at radius 3 is 1.16 bits per heavy atom. The molecule has 0 spiro atoms. The molecule has 105 heavy (non-hydrogen) atoms. The summed E-state index contributed by atoms with van der Waals surface area (Å²) in [5.41, 5.74) is 1.78. The predicted molar refractivity (Wildman–Crippen MR) is 355 cm³/mol. The lowest BCUT2D eigenvalue weighted by Crippen LogP contribution is -2.35. The number of benzene rings is 3. The van der Waals surface area contributed by atoms with Gasteiger partial charge in [-0.25, -0.2) is 63.6 Å². The quantitative estimate of drug-likeness (QED) is 0.0245. The number of nitrogens with zero attached hydrogens (tertiary/aromatic N) is 8. The predicted octanol–water partition coefficient (Wildman–Crippen LogP) is 11.5. The van der Waals surface area contributed by atoms with Crippen LogP contribution in [0, 0.1) is 0 Å². The fraction of sp³-hybridized carbons (Fsp3) is 0.385. The number of hydrogen-bond donors (Lipinski definition) is 3. The number of amides is 5. The molecule has 0 aliphatic carbocycles. The number of nitrogens with one attached hydrogen (secondary N) is 3. The maximum Gasteiger partial charge on any atom is 0.573 e. The van der Waals surface area contributed by atoms with E-state index in [9.17, 15) is 83.9 Å². The molecule has 7 aromatic rings. The first-order valence-electron chi connectivity index (χ1n) is 31.9. The Morgan fingerprint density at radius 2 is 0.857 bits per heavy atom. The minimum absolute atomic E-state index is 0.00139. The second-order valence-corrected chi connectivity index (χ2v) is 27.8. The number of pyridine rings is 3. The maximum absolute atomic E-state index is 12.9. The molecule has 2 aliphatic rings. The van der Waals surface area contributed by atoms with Crippen LogP contribution in [0.3, 0.4) is 0 Å². The molecule has 3 N–H and O–H groups in total. The van der Waals surface area contributed by atoms with Crippen molar-refractivity contribution >= 4 is 54.4 Å². The average molecular weight is 1550 g/mol. The summed E-state index contributed by atoms with van der Waals surface area (Å²) in [4.78, 5) is 68.3. The molecule has 3 aromatic carbocycles. The first-order valence-corrected chi connectivity index (χ1v) is 36.4. The van der Waals surface area contributed by atoms with Gasteiger partial charge in [-0.3, -0.25) is 19.9 Å². The fourth-order valence-corrected chi connectivity index (χ4v) is 12.9. The lowest BCUT2D eigenvalue weighted by molar-refractivity contribution is -0.275. The first-order chi connectivity index (χ1) is 49.5. The fourth-order valence-electron chi connectivity index (χ4n) is 9.64. The number of aromatic nitrogens is 5. The third-order valence-corrected chi connectivity index (χ3v) is 18.8. The summed E-state index contributed by atoms with van der Waals surface area (Å²) in [6.45, 7) is 10.7. The van der Waals surface area contributed by atoms with Crippen LogP contribution in [0.2, 0.25) is 0 Å². The Hall–Kier alpha value is -10.1. The summed E-state index contributed by atoms with van der Waals surface area (Å²) in [5, 5.41) is 0. The molecule has 5 amide bonds. The topological polar surface area (TPSA) is 338 Å². The standard InChI is InChI=1S/C22H25F3N4O6S.C22H26F3N3O6S.C21H21F3N4O5S/c1-3-4-11-34-20(30)27-36(32,33)19-8-6-16(35-22(23,24)25)12-17(19)18-7-5-15(13-26-18)14-29-10-9-28(2)21(29)31;1-2-3-10-33-21(29)27-35(30,31)20-7-5-17(34-22(23,24)25)13-18(20)19-6-4-16(14-26-19)15-28-8-11-32-12-9-28;1-2-3-10-32-20(29)27-34(30,31)19-7-5-16(33-21(22,23)24)11-17(19)18-6-4-15(12-26-18)13-28-9-8-25-14-28/h5-8,12-13H,3-4,9-11,14H2,1-2H3,(H,27,30);4-7,13-14H,2-3,8-12,15H2,1H3,(H,27,29);4-9,11-12,14H,2-3,10,13H2,1H3,(H,27,29). The van der Waals surface area contributed by atoms with E-state index in [0.717, 1.165) is 98.1 Å². The molecule has 4 aromatic heterocycles. The van der Waals surface area contributed by atoms with Crippen LogP contribution in [-0.4, -0.2) is 174 Å². The van der Waals surface area contributed by atoms with Gasteiger partial charge in [0.2, 0.25) is 0 Å². The molecule has 0 atom stereocenters. The van der Waals surface area contributed by atoms with Crippen molar-refractivity contribution in [1.82, 2.24) is 53.4 Å². The number of unbranched alkanes of at least 4 members (excludes halogenated alkanes) is 3. The van der Waals surface area contributed by atoms with Crippen LogP contribution in [0.1, 0.15) is 76.0 Å². The van der Waals surface area contributed by atoms with Crippen LogP contribution >= 0.6 is 0 Å². The van der Waals surface area contributed by atoms with Gasteiger partial charge < -0.3 is 47.5 Å². The van der Waals surface area contributed by atoms with E-state index in [4.69, 9.17) is 18.9 Å². The highest BCUT2D eigenvalue weighted by Gasteiger charge is 2.36. The van der Waals surface area contributed by atoms with E-state index in [1.54, 1.807) is 72.5 Å². The maximum atomic E-state index is 12.9. The smallest absolute Gasteiger partial charge is 0.449 e. The zero-order valence-corrected chi connectivity index (χ0v) is 58.9. The summed E-state index contributed by atoms with van der Waals surface area (Å²) < 4.78 is 231. The van der Waals surface area contributed by atoms with Crippen molar-refractivity contribution in [2.24, 2.45) is 0 Å². The number of carbonyl (C=O) groups excluding carboxylic acids is 4. The number of imidazole rings is 1. The lowest BCUT2D eigenvalue weighted by Gasteiger charge is -2.26. The van der Waals surface area contributed by atoms with E-state index >= 15 is 0 Å². The Labute approximate surface area is 597 Å². The van der Waals surface area contributed by atoms with Crippen LogP contribution in [0.5, 0.6) is 17.2 Å². The van der Waals surface area contributed by atoms with Gasteiger partial charge in [-0.2, -0.15) is 0 Å². The Morgan fingerprint density at radius 1 is 0.495 bits per heavy atom. The van der Waals surface area contributed by atoms with Crippen LogP contribution in [0.15, 0.2) is 143 Å². The molecule has 2 saturated heterocycles. The van der Waals surface area contributed by atoms with E-state index in [0.29, 0.717) is 64.2 Å². The highest BCUT2D eigenvalue weighted by atomic mass is 32.2. The summed E-state index contributed by atoms with van der Waals surface area (Å²) in [6.07, 6.45) is -5.47. The number of ether oxygens (including phenoxy) is 7. The summed E-state index contributed by atoms with van der Waals surface area (Å²) in [7, 11) is -11.9. The van der Waals surface area contributed by atoms with Gasteiger partial charge >= 0.3 is 43.4 Å². The van der Waals surface area contributed by atoms with Crippen molar-refractivity contribution in [2.75, 3.05) is 66.3 Å². The molecule has 0 radical (unpaired) electrons. The van der Waals surface area contributed by atoms with Gasteiger partial charge in [0.15, 0.2) is 0 Å². The molecule has 2 aliphatic heterocycles. The van der Waals surface area contributed by atoms with Gasteiger partial charge in [0.1, 0.15) is 17.2 Å². The van der Waals surface area contributed by atoms with Crippen molar-refractivity contribution in [3.8, 4) is 51.0 Å². The highest BCUT2D eigenvalue weighted by Crippen LogP contribution is 2.37. The molecular weight excluding hydrogens is 1470 g/mol. The van der Waals surface area contributed by atoms with E-state index < -0.39 is 99.4 Å². The molecule has 40 heteroatoms. The Bertz CT molecular complexity index is 4410. The number of likely N-dealkylation sites (N-methyl/N-ethyl adjacent to an activating group) is 1. The third kappa shape index (κ3) is 26.2. The Kier molecular flexibility index (Phi) is 29.0. The van der Waals surface area contributed by atoms with Crippen molar-refractivity contribution in [3.63, 3.8) is 0 Å². The van der Waals surface area contributed by atoms with Gasteiger partial charge in [-0.1, -0.05) is 58.2 Å². The second-order valence-electron chi connectivity index (χ2n) is 22.8. The van der Waals surface area contributed by atoms with Crippen molar-refractivity contribution in [1.29, 1.82) is 0 Å². The summed E-state index contributed by atoms with van der Waals surface area (Å²) >= 11 is 0. The summed E-state index contributed by atoms with van der Waals surface area (Å²) in [5.74, 6) is -1.94. The average Bonchev–Trinajstić information content (AvgIpc) is 1.42. The number of morpholine rings is 1. The minimum Gasteiger partial charge on any atom is -0.449 e. The molecule has 0 bridgehead atoms. The van der Waals surface area contributed by atoms with Gasteiger partial charge in [-0.05, 0) is 109 Å². The van der Waals surface area contributed by atoms with E-state index in [1.807, 2.05) is 20.8 Å². The summed E-state index contributed by atoms with van der Waals surface area (Å²) in [6, 6.07) is 17.0. The second kappa shape index (κ2) is 37.1. The van der Waals surface area contributed by atoms with Gasteiger partial charge in [0.25, 0.3) is 30.1 Å². The van der Waals surface area contributed by atoms with Crippen molar-refractivity contribution < 1.29 is 117 Å². The molecule has 9 rings (SSSR count). The molecule has 28 nitrogen and oxygen atoms in total. The number of urea groups is 1. The van der Waals surface area contributed by atoms with Crippen LogP contribution in [-0.2, 0) is 68.7 Å². The monoisotopic (exact) mass is 1550 g/mol. The molecule has 0 unspecified atom stereocenters. The molecule has 2 fully saturated rings. The minimum atomic E-state index is -5.01. The third-order valence-electron chi connectivity index (χ3n) is 14.7. The number of sulfonamides is 3. The number of alkyl halides is 9.